The fourth-order valence-corrected chi connectivity index (χ4v) is 4.45. The fourth-order valence-electron chi connectivity index (χ4n) is 3.56. The van der Waals surface area contributed by atoms with Crippen molar-refractivity contribution in [2.45, 2.75) is 50.7 Å². The van der Waals surface area contributed by atoms with E-state index in [1.165, 1.54) is 16.9 Å². The minimum Gasteiger partial charge on any atom is -0.435 e. The molecule has 132 valence electrons. The maximum Gasteiger partial charge on any atom is 0.387 e. The molecule has 4 rings (SSSR count). The summed E-state index contributed by atoms with van der Waals surface area (Å²) >= 11 is 1.49. The maximum absolute atomic E-state index is 12.7. The Hall–Kier alpha value is -1.95. The maximum atomic E-state index is 12.7. The summed E-state index contributed by atoms with van der Waals surface area (Å²) in [6.45, 7) is -2.82. The average molecular weight is 363 g/mol. The molecular weight excluding hydrogens is 344 g/mol. The van der Waals surface area contributed by atoms with Crippen molar-refractivity contribution >= 4 is 17.2 Å². The van der Waals surface area contributed by atoms with E-state index in [4.69, 9.17) is 0 Å². The van der Waals surface area contributed by atoms with E-state index >= 15 is 0 Å². The number of benzene rings is 1. The number of ether oxygens (including phenoxy) is 1. The van der Waals surface area contributed by atoms with Crippen molar-refractivity contribution in [1.29, 1.82) is 0 Å². The number of hydrogen-bond donors (Lipinski definition) is 1. The number of nitrogens with one attached hydrogen (secondary N) is 1. The first kappa shape index (κ1) is 16.5. The lowest BCUT2D eigenvalue weighted by molar-refractivity contribution is -0.0499. The Labute approximate surface area is 149 Å². The molecule has 1 amide bonds. The molecule has 0 bridgehead atoms. The van der Waals surface area contributed by atoms with Gasteiger partial charge in [0, 0.05) is 0 Å². The molecule has 0 unspecified atom stereocenters. The zero-order valence-corrected chi connectivity index (χ0v) is 14.5. The molecule has 1 aromatic heterocycles. The SMILES string of the molecule is O=C(N[C@@H]1CCCc2cc(OC(F)F)ccc21)c1sccc1C1CC1. The van der Waals surface area contributed by atoms with Gasteiger partial charge in [0.05, 0.1) is 10.9 Å². The van der Waals surface area contributed by atoms with Crippen LogP contribution in [-0.2, 0) is 6.42 Å². The van der Waals surface area contributed by atoms with Crippen LogP contribution in [0.4, 0.5) is 8.78 Å². The summed E-state index contributed by atoms with van der Waals surface area (Å²) in [5, 5.41) is 5.12. The molecule has 1 aromatic carbocycles. The molecule has 1 fully saturated rings. The number of aryl methyl sites for hydroxylation is 1. The third kappa shape index (κ3) is 3.54. The first-order valence-corrected chi connectivity index (χ1v) is 9.45. The number of halogens is 2. The van der Waals surface area contributed by atoms with E-state index in [0.29, 0.717) is 5.92 Å². The van der Waals surface area contributed by atoms with Crippen LogP contribution in [0, 0.1) is 0 Å². The molecule has 0 spiro atoms. The molecule has 0 aliphatic heterocycles. The number of hydrogen-bond acceptors (Lipinski definition) is 3. The molecule has 6 heteroatoms. The Balaban J connectivity index is 1.52. The molecule has 2 aromatic rings. The minimum atomic E-state index is -2.82. The van der Waals surface area contributed by atoms with Gasteiger partial charge < -0.3 is 10.1 Å². The topological polar surface area (TPSA) is 38.3 Å². The van der Waals surface area contributed by atoms with Crippen LogP contribution in [0.3, 0.4) is 0 Å². The van der Waals surface area contributed by atoms with Crippen molar-refractivity contribution in [2.75, 3.05) is 0 Å². The van der Waals surface area contributed by atoms with E-state index in [2.05, 4.69) is 16.1 Å². The Kier molecular flexibility index (Phi) is 4.46. The van der Waals surface area contributed by atoms with Gasteiger partial charge in [-0.15, -0.1) is 11.3 Å². The number of carbonyl (C=O) groups excluding carboxylic acids is 1. The third-order valence-corrected chi connectivity index (χ3v) is 5.81. The second kappa shape index (κ2) is 6.75. The van der Waals surface area contributed by atoms with E-state index < -0.39 is 6.61 Å². The van der Waals surface area contributed by atoms with Gasteiger partial charge in [-0.05, 0) is 78.3 Å². The van der Waals surface area contributed by atoms with Gasteiger partial charge in [0.2, 0.25) is 0 Å². The van der Waals surface area contributed by atoms with Gasteiger partial charge in [-0.3, -0.25) is 4.79 Å². The highest BCUT2D eigenvalue weighted by Crippen LogP contribution is 2.43. The quantitative estimate of drug-likeness (QED) is 0.809. The van der Waals surface area contributed by atoms with Gasteiger partial charge in [0.1, 0.15) is 5.75 Å². The Bertz CT molecular complexity index is 785. The van der Waals surface area contributed by atoms with Gasteiger partial charge >= 0.3 is 6.61 Å². The van der Waals surface area contributed by atoms with Crippen molar-refractivity contribution in [3.63, 3.8) is 0 Å². The van der Waals surface area contributed by atoms with Crippen LogP contribution < -0.4 is 10.1 Å². The monoisotopic (exact) mass is 363 g/mol. The lowest BCUT2D eigenvalue weighted by Crippen LogP contribution is -2.31. The predicted octanol–water partition coefficient (Wildman–Crippen LogP) is 5.03. The number of thiophene rings is 1. The van der Waals surface area contributed by atoms with Crippen molar-refractivity contribution in [3.8, 4) is 5.75 Å². The summed E-state index contributed by atoms with van der Waals surface area (Å²) in [6.07, 6.45) is 4.91. The summed E-state index contributed by atoms with van der Waals surface area (Å²) < 4.78 is 29.3. The molecule has 1 saturated carbocycles. The van der Waals surface area contributed by atoms with Gasteiger partial charge in [0.15, 0.2) is 0 Å². The summed E-state index contributed by atoms with van der Waals surface area (Å²) in [5.74, 6) is 0.692. The lowest BCUT2D eigenvalue weighted by Gasteiger charge is -2.27. The smallest absolute Gasteiger partial charge is 0.387 e. The van der Waals surface area contributed by atoms with Crippen molar-refractivity contribution < 1.29 is 18.3 Å². The summed E-state index contributed by atoms with van der Waals surface area (Å²) in [7, 11) is 0. The van der Waals surface area contributed by atoms with Crippen LogP contribution in [0.5, 0.6) is 5.75 Å². The van der Waals surface area contributed by atoms with Crippen LogP contribution >= 0.6 is 11.3 Å². The molecule has 25 heavy (non-hydrogen) atoms. The van der Waals surface area contributed by atoms with Gasteiger partial charge in [0.25, 0.3) is 5.91 Å². The van der Waals surface area contributed by atoms with Crippen LogP contribution in [0.1, 0.15) is 64.0 Å². The molecule has 2 aliphatic carbocycles. The Morgan fingerprint density at radius 1 is 1.20 bits per heavy atom. The first-order chi connectivity index (χ1) is 12.1. The van der Waals surface area contributed by atoms with Crippen LogP contribution in [0.25, 0.3) is 0 Å². The number of amides is 1. The summed E-state index contributed by atoms with van der Waals surface area (Å²) in [5.41, 5.74) is 3.15. The molecule has 1 heterocycles. The molecular formula is C19H19F2NO2S. The average Bonchev–Trinajstić information content (AvgIpc) is 3.31. The van der Waals surface area contributed by atoms with Gasteiger partial charge in [-0.1, -0.05) is 6.07 Å². The van der Waals surface area contributed by atoms with Crippen LogP contribution in [0.15, 0.2) is 29.6 Å². The van der Waals surface area contributed by atoms with Crippen LogP contribution in [0.2, 0.25) is 0 Å². The largest absolute Gasteiger partial charge is 0.435 e. The Morgan fingerprint density at radius 2 is 2.04 bits per heavy atom. The van der Waals surface area contributed by atoms with E-state index in [-0.39, 0.29) is 17.7 Å². The molecule has 0 radical (unpaired) electrons. The van der Waals surface area contributed by atoms with E-state index in [0.717, 1.165) is 48.1 Å². The number of alkyl halides is 2. The number of carbonyl (C=O) groups is 1. The highest BCUT2D eigenvalue weighted by Gasteiger charge is 2.30. The van der Waals surface area contributed by atoms with Crippen LogP contribution in [-0.4, -0.2) is 12.5 Å². The van der Waals surface area contributed by atoms with Crippen molar-refractivity contribution in [3.05, 3.63) is 51.2 Å². The Morgan fingerprint density at radius 3 is 2.80 bits per heavy atom. The molecule has 3 nitrogen and oxygen atoms in total. The summed E-state index contributed by atoms with van der Waals surface area (Å²) in [4.78, 5) is 13.5. The molecule has 1 N–H and O–H groups in total. The second-order valence-corrected chi connectivity index (χ2v) is 7.55. The van der Waals surface area contributed by atoms with Crippen molar-refractivity contribution in [2.24, 2.45) is 0 Å². The summed E-state index contributed by atoms with van der Waals surface area (Å²) in [6, 6.07) is 7.00. The normalized spacial score (nSPS) is 19.6. The first-order valence-electron chi connectivity index (χ1n) is 8.57. The van der Waals surface area contributed by atoms with E-state index in [1.807, 2.05) is 5.38 Å². The highest BCUT2D eigenvalue weighted by molar-refractivity contribution is 7.12. The zero-order chi connectivity index (χ0) is 17.4. The predicted molar refractivity (Wildman–Crippen MR) is 92.5 cm³/mol. The van der Waals surface area contributed by atoms with Gasteiger partial charge in [-0.2, -0.15) is 8.78 Å². The standard InChI is InChI=1S/C19H19F2NO2S/c20-19(21)24-13-6-7-14-12(10-13)2-1-3-16(14)22-18(23)17-15(8-9-25-17)11-4-5-11/h6-11,16,19H,1-5H2,(H,22,23)/t16-/m1/s1. The molecule has 0 saturated heterocycles. The van der Waals surface area contributed by atoms with E-state index in [1.54, 1.807) is 18.2 Å². The van der Waals surface area contributed by atoms with Gasteiger partial charge in [-0.25, -0.2) is 0 Å². The minimum absolute atomic E-state index is 0.0253. The lowest BCUT2D eigenvalue weighted by atomic mass is 9.87. The van der Waals surface area contributed by atoms with E-state index in [9.17, 15) is 13.6 Å². The van der Waals surface area contributed by atoms with Crippen molar-refractivity contribution in [1.82, 2.24) is 5.32 Å². The second-order valence-electron chi connectivity index (χ2n) is 6.64. The highest BCUT2D eigenvalue weighted by atomic mass is 32.1. The fraction of sp³-hybridized carbons (Fsp3) is 0.421. The molecule has 2 aliphatic rings. The zero-order valence-electron chi connectivity index (χ0n) is 13.6. The molecule has 1 atom stereocenters. The number of fused-ring (bicyclic) bond motifs is 1. The number of rotatable bonds is 5. The third-order valence-electron chi connectivity index (χ3n) is 4.88.